The molecule has 0 saturated heterocycles. The van der Waals surface area contributed by atoms with Crippen LogP contribution in [0.1, 0.15) is 18.1 Å². The Hall–Kier alpha value is -1.84. The fraction of sp³-hybridized carbons (Fsp3) is 0.200. The van der Waals surface area contributed by atoms with Gasteiger partial charge in [0.15, 0.2) is 0 Å². The van der Waals surface area contributed by atoms with Crippen LogP contribution in [0.5, 0.6) is 5.75 Å². The lowest BCUT2D eigenvalue weighted by molar-refractivity contribution is -0.131. The van der Waals surface area contributed by atoms with Crippen LogP contribution in [0.15, 0.2) is 23.4 Å². The van der Waals surface area contributed by atoms with E-state index in [0.29, 0.717) is 11.3 Å². The molecule has 14 heavy (non-hydrogen) atoms. The van der Waals surface area contributed by atoms with E-state index in [1.807, 2.05) is 13.0 Å². The molecule has 0 atom stereocenters. The predicted octanol–water partition coefficient (Wildman–Crippen LogP) is 1.73. The van der Waals surface area contributed by atoms with Crippen molar-refractivity contribution >= 4 is 12.2 Å². The second-order valence-corrected chi connectivity index (χ2v) is 2.83. The quantitative estimate of drug-likeness (QED) is 0.256. The molecule has 1 aromatic rings. The minimum atomic E-state index is -0.396. The predicted molar refractivity (Wildman–Crippen MR) is 51.9 cm³/mol. The number of ether oxygens (including phenoxy) is 1. The molecule has 0 radical (unpaired) electrons. The third kappa shape index (κ3) is 2.32. The number of nitrogens with zero attached hydrogens (tertiary/aromatic N) is 1. The number of carbonyl (C=O) groups excluding carboxylic acids is 1. The summed E-state index contributed by atoms with van der Waals surface area (Å²) in [6.45, 7) is 3.14. The summed E-state index contributed by atoms with van der Waals surface area (Å²) in [6, 6.07) is 5.30. The molecule has 0 fully saturated rings. The SMILES string of the molecule is CC(=O)Oc1c(C)cccc1/C=N/O. The fourth-order valence-electron chi connectivity index (χ4n) is 1.12. The second kappa shape index (κ2) is 4.41. The van der Waals surface area contributed by atoms with Gasteiger partial charge in [0.05, 0.1) is 6.21 Å². The molecule has 0 bridgehead atoms. The Bertz CT molecular complexity index is 372. The first-order valence-electron chi connectivity index (χ1n) is 4.10. The molecule has 4 heteroatoms. The zero-order valence-corrected chi connectivity index (χ0v) is 8.02. The van der Waals surface area contributed by atoms with Crippen LogP contribution < -0.4 is 4.74 Å². The van der Waals surface area contributed by atoms with E-state index in [4.69, 9.17) is 9.94 Å². The monoisotopic (exact) mass is 193 g/mol. The number of oxime groups is 1. The van der Waals surface area contributed by atoms with Gasteiger partial charge in [-0.2, -0.15) is 0 Å². The molecule has 0 aliphatic carbocycles. The Morgan fingerprint density at radius 2 is 2.29 bits per heavy atom. The van der Waals surface area contributed by atoms with Gasteiger partial charge in [0, 0.05) is 12.5 Å². The first-order chi connectivity index (χ1) is 6.65. The van der Waals surface area contributed by atoms with E-state index in [9.17, 15) is 4.79 Å². The summed E-state index contributed by atoms with van der Waals surface area (Å²) in [5.74, 6) is 0.0321. The molecule has 0 aliphatic rings. The number of aryl methyl sites for hydroxylation is 1. The first kappa shape index (κ1) is 10.2. The highest BCUT2D eigenvalue weighted by molar-refractivity contribution is 5.85. The van der Waals surface area contributed by atoms with Crippen molar-refractivity contribution in [3.05, 3.63) is 29.3 Å². The third-order valence-electron chi connectivity index (χ3n) is 1.68. The van der Waals surface area contributed by atoms with Crippen molar-refractivity contribution < 1.29 is 14.7 Å². The highest BCUT2D eigenvalue weighted by Gasteiger charge is 2.07. The number of benzene rings is 1. The third-order valence-corrected chi connectivity index (χ3v) is 1.68. The fourth-order valence-corrected chi connectivity index (χ4v) is 1.12. The highest BCUT2D eigenvalue weighted by Crippen LogP contribution is 2.21. The minimum Gasteiger partial charge on any atom is -0.426 e. The van der Waals surface area contributed by atoms with E-state index < -0.39 is 5.97 Å². The number of para-hydroxylation sites is 1. The number of rotatable bonds is 2. The zero-order chi connectivity index (χ0) is 10.6. The molecule has 0 saturated carbocycles. The first-order valence-corrected chi connectivity index (χ1v) is 4.10. The molecule has 0 heterocycles. The topological polar surface area (TPSA) is 58.9 Å². The van der Waals surface area contributed by atoms with E-state index in [2.05, 4.69) is 5.16 Å². The molecule has 0 aliphatic heterocycles. The number of carbonyl (C=O) groups is 1. The maximum Gasteiger partial charge on any atom is 0.308 e. The normalized spacial score (nSPS) is 10.4. The van der Waals surface area contributed by atoms with Crippen molar-refractivity contribution in [2.45, 2.75) is 13.8 Å². The average molecular weight is 193 g/mol. The summed E-state index contributed by atoms with van der Waals surface area (Å²) in [4.78, 5) is 10.8. The molecule has 0 unspecified atom stereocenters. The molecule has 74 valence electrons. The van der Waals surface area contributed by atoms with Gasteiger partial charge >= 0.3 is 5.97 Å². The van der Waals surface area contributed by atoms with Gasteiger partial charge in [-0.3, -0.25) is 4.79 Å². The molecule has 1 aromatic carbocycles. The van der Waals surface area contributed by atoms with Gasteiger partial charge in [0.1, 0.15) is 5.75 Å². The van der Waals surface area contributed by atoms with Crippen LogP contribution in [0.4, 0.5) is 0 Å². The second-order valence-electron chi connectivity index (χ2n) is 2.83. The molecular formula is C10H11NO3. The number of esters is 1. The summed E-state index contributed by atoms with van der Waals surface area (Å²) in [6.07, 6.45) is 1.23. The summed E-state index contributed by atoms with van der Waals surface area (Å²) < 4.78 is 4.99. The zero-order valence-electron chi connectivity index (χ0n) is 8.02. The summed E-state index contributed by atoms with van der Waals surface area (Å²) in [5.41, 5.74) is 1.39. The van der Waals surface area contributed by atoms with Gasteiger partial charge in [-0.1, -0.05) is 17.3 Å². The number of hydrogen-bond acceptors (Lipinski definition) is 4. The van der Waals surface area contributed by atoms with E-state index in [-0.39, 0.29) is 0 Å². The van der Waals surface area contributed by atoms with E-state index in [0.717, 1.165) is 5.56 Å². The van der Waals surface area contributed by atoms with Crippen molar-refractivity contribution in [3.63, 3.8) is 0 Å². The Morgan fingerprint density at radius 1 is 1.57 bits per heavy atom. The van der Waals surface area contributed by atoms with Crippen molar-refractivity contribution in [1.29, 1.82) is 0 Å². The lowest BCUT2D eigenvalue weighted by Crippen LogP contribution is -2.05. The standard InChI is InChI=1S/C10H11NO3/c1-7-4-3-5-9(6-11-13)10(7)14-8(2)12/h3-6,13H,1-2H3/b11-6+. The molecule has 0 amide bonds. The van der Waals surface area contributed by atoms with Crippen LogP contribution in [0, 0.1) is 6.92 Å². The molecular weight excluding hydrogens is 182 g/mol. The maximum absolute atomic E-state index is 10.8. The Balaban J connectivity index is 3.14. The van der Waals surface area contributed by atoms with Crippen LogP contribution in [-0.4, -0.2) is 17.4 Å². The van der Waals surface area contributed by atoms with Crippen LogP contribution in [0.2, 0.25) is 0 Å². The molecule has 0 spiro atoms. The highest BCUT2D eigenvalue weighted by atomic mass is 16.5. The molecule has 1 rings (SSSR count). The lowest BCUT2D eigenvalue weighted by Gasteiger charge is -2.07. The summed E-state index contributed by atoms with van der Waals surface area (Å²) >= 11 is 0. The van der Waals surface area contributed by atoms with Crippen LogP contribution in [0.25, 0.3) is 0 Å². The summed E-state index contributed by atoms with van der Waals surface area (Å²) in [5, 5.41) is 11.3. The van der Waals surface area contributed by atoms with Crippen molar-refractivity contribution in [2.75, 3.05) is 0 Å². The lowest BCUT2D eigenvalue weighted by atomic mass is 10.1. The smallest absolute Gasteiger partial charge is 0.308 e. The van der Waals surface area contributed by atoms with Crippen LogP contribution in [0.3, 0.4) is 0 Å². The van der Waals surface area contributed by atoms with Crippen LogP contribution >= 0.6 is 0 Å². The Labute approximate surface area is 81.8 Å². The summed E-state index contributed by atoms with van der Waals surface area (Å²) in [7, 11) is 0. The van der Waals surface area contributed by atoms with E-state index >= 15 is 0 Å². The van der Waals surface area contributed by atoms with Gasteiger partial charge in [-0.05, 0) is 18.6 Å². The van der Waals surface area contributed by atoms with E-state index in [1.54, 1.807) is 12.1 Å². The van der Waals surface area contributed by atoms with Gasteiger partial charge in [-0.25, -0.2) is 0 Å². The van der Waals surface area contributed by atoms with Gasteiger partial charge < -0.3 is 9.94 Å². The number of hydrogen-bond donors (Lipinski definition) is 1. The van der Waals surface area contributed by atoms with E-state index in [1.165, 1.54) is 13.1 Å². The van der Waals surface area contributed by atoms with Crippen molar-refractivity contribution in [3.8, 4) is 5.75 Å². The van der Waals surface area contributed by atoms with Gasteiger partial charge in [0.2, 0.25) is 0 Å². The molecule has 4 nitrogen and oxygen atoms in total. The molecule has 1 N–H and O–H groups in total. The van der Waals surface area contributed by atoms with Crippen molar-refractivity contribution in [1.82, 2.24) is 0 Å². The minimum absolute atomic E-state index is 0.396. The largest absolute Gasteiger partial charge is 0.426 e. The van der Waals surface area contributed by atoms with Gasteiger partial charge in [-0.15, -0.1) is 0 Å². The van der Waals surface area contributed by atoms with Gasteiger partial charge in [0.25, 0.3) is 0 Å². The maximum atomic E-state index is 10.8. The average Bonchev–Trinajstić information content (AvgIpc) is 2.11. The molecule has 0 aromatic heterocycles. The van der Waals surface area contributed by atoms with Crippen molar-refractivity contribution in [2.24, 2.45) is 5.16 Å². The Morgan fingerprint density at radius 3 is 2.86 bits per heavy atom. The Kier molecular flexibility index (Phi) is 3.23. The van der Waals surface area contributed by atoms with Crippen LogP contribution in [-0.2, 0) is 4.79 Å².